The van der Waals surface area contributed by atoms with Crippen LogP contribution >= 0.6 is 15.9 Å². The van der Waals surface area contributed by atoms with Crippen molar-refractivity contribution in [2.45, 2.75) is 25.5 Å². The zero-order valence-corrected chi connectivity index (χ0v) is 17.1. The van der Waals surface area contributed by atoms with Crippen molar-refractivity contribution in [2.24, 2.45) is 4.99 Å². The number of benzene rings is 1. The van der Waals surface area contributed by atoms with Crippen molar-refractivity contribution in [3.63, 3.8) is 0 Å². The third-order valence-corrected chi connectivity index (χ3v) is 4.83. The Hall–Kier alpha value is -1.83. The van der Waals surface area contributed by atoms with Gasteiger partial charge in [-0.3, -0.25) is 4.99 Å². The number of nitrogens with one attached hydrogen (secondary N) is 2. The fourth-order valence-corrected chi connectivity index (χ4v) is 3.07. The van der Waals surface area contributed by atoms with Crippen LogP contribution in [-0.2, 0) is 16.0 Å². The molecule has 2 heterocycles. The Balaban J connectivity index is 1.37. The molecule has 146 valence electrons. The lowest BCUT2D eigenvalue weighted by Crippen LogP contribution is -2.37. The van der Waals surface area contributed by atoms with Gasteiger partial charge in [-0.2, -0.15) is 0 Å². The first-order chi connectivity index (χ1) is 13.2. The molecule has 0 saturated carbocycles. The summed E-state index contributed by atoms with van der Waals surface area (Å²) in [7, 11) is 1.76. The van der Waals surface area contributed by atoms with Crippen LogP contribution in [0.25, 0.3) is 11.3 Å². The van der Waals surface area contributed by atoms with Crippen molar-refractivity contribution >= 4 is 21.9 Å². The predicted octanol–water partition coefficient (Wildman–Crippen LogP) is 3.57. The maximum atomic E-state index is 5.91. The smallest absolute Gasteiger partial charge is 0.191 e. The maximum absolute atomic E-state index is 5.91. The van der Waals surface area contributed by atoms with Crippen LogP contribution in [0.2, 0.25) is 0 Å². The Bertz CT molecular complexity index is 724. The van der Waals surface area contributed by atoms with Gasteiger partial charge in [0.1, 0.15) is 11.5 Å². The van der Waals surface area contributed by atoms with Gasteiger partial charge in [-0.15, -0.1) is 0 Å². The van der Waals surface area contributed by atoms with Crippen LogP contribution in [0.3, 0.4) is 0 Å². The lowest BCUT2D eigenvalue weighted by molar-refractivity contribution is 0.0420. The van der Waals surface area contributed by atoms with E-state index in [0.717, 1.165) is 66.7 Å². The first-order valence-electron chi connectivity index (χ1n) is 9.23. The van der Waals surface area contributed by atoms with Crippen molar-refractivity contribution in [2.75, 3.05) is 33.4 Å². The molecule has 1 aliphatic rings. The van der Waals surface area contributed by atoms with Crippen molar-refractivity contribution in [3.8, 4) is 11.3 Å². The van der Waals surface area contributed by atoms with E-state index in [9.17, 15) is 0 Å². The summed E-state index contributed by atoms with van der Waals surface area (Å²) in [5, 5.41) is 6.56. The van der Waals surface area contributed by atoms with E-state index in [2.05, 4.69) is 31.6 Å². The highest BCUT2D eigenvalue weighted by molar-refractivity contribution is 9.10. The van der Waals surface area contributed by atoms with Crippen molar-refractivity contribution < 1.29 is 13.9 Å². The largest absolute Gasteiger partial charge is 0.459 e. The van der Waals surface area contributed by atoms with Gasteiger partial charge in [0.05, 0.1) is 19.3 Å². The van der Waals surface area contributed by atoms with Gasteiger partial charge in [-0.05, 0) is 37.1 Å². The summed E-state index contributed by atoms with van der Waals surface area (Å²) in [5.41, 5.74) is 1.06. The molecule has 1 unspecified atom stereocenters. The minimum Gasteiger partial charge on any atom is -0.459 e. The Morgan fingerprint density at radius 2 is 2.07 bits per heavy atom. The van der Waals surface area contributed by atoms with Gasteiger partial charge in [0.25, 0.3) is 0 Å². The van der Waals surface area contributed by atoms with Crippen LogP contribution in [0, 0.1) is 0 Å². The summed E-state index contributed by atoms with van der Waals surface area (Å²) in [6.07, 6.45) is 2.19. The van der Waals surface area contributed by atoms with Crippen molar-refractivity contribution in [3.05, 3.63) is 46.6 Å². The van der Waals surface area contributed by atoms with E-state index >= 15 is 0 Å². The monoisotopic (exact) mass is 435 g/mol. The number of halogens is 1. The fourth-order valence-electron chi connectivity index (χ4n) is 2.81. The number of hydrogen-bond acceptors (Lipinski definition) is 4. The number of guanidine groups is 1. The summed E-state index contributed by atoms with van der Waals surface area (Å²) in [6, 6.07) is 12.0. The van der Waals surface area contributed by atoms with Crippen molar-refractivity contribution in [1.29, 1.82) is 0 Å². The number of rotatable bonds is 8. The van der Waals surface area contributed by atoms with E-state index < -0.39 is 0 Å². The molecule has 1 atom stereocenters. The second kappa shape index (κ2) is 10.5. The molecular formula is C20H26BrN3O3. The maximum Gasteiger partial charge on any atom is 0.191 e. The van der Waals surface area contributed by atoms with Gasteiger partial charge in [-0.1, -0.05) is 28.1 Å². The Kier molecular flexibility index (Phi) is 7.74. The summed E-state index contributed by atoms with van der Waals surface area (Å²) in [5.74, 6) is 2.47. The minimum atomic E-state index is 0.265. The summed E-state index contributed by atoms with van der Waals surface area (Å²) in [4.78, 5) is 4.24. The fraction of sp³-hybridized carbons (Fsp3) is 0.450. The predicted molar refractivity (Wildman–Crippen MR) is 110 cm³/mol. The molecule has 0 radical (unpaired) electrons. The first kappa shape index (κ1) is 19.9. The highest BCUT2D eigenvalue weighted by atomic mass is 79.9. The number of aliphatic imine (C=N–C) groups is 1. The summed E-state index contributed by atoms with van der Waals surface area (Å²) >= 11 is 3.45. The zero-order chi connectivity index (χ0) is 18.9. The third-order valence-electron chi connectivity index (χ3n) is 4.30. The quantitative estimate of drug-likeness (QED) is 0.376. The number of nitrogens with zero attached hydrogens (tertiary/aromatic N) is 1. The van der Waals surface area contributed by atoms with Gasteiger partial charge in [0, 0.05) is 36.8 Å². The Morgan fingerprint density at radius 1 is 1.22 bits per heavy atom. The normalized spacial score (nSPS) is 17.3. The lowest BCUT2D eigenvalue weighted by Gasteiger charge is -2.12. The zero-order valence-electron chi connectivity index (χ0n) is 15.5. The number of ether oxygens (including phenoxy) is 2. The highest BCUT2D eigenvalue weighted by Gasteiger charge is 2.15. The summed E-state index contributed by atoms with van der Waals surface area (Å²) in [6.45, 7) is 3.65. The van der Waals surface area contributed by atoms with Gasteiger partial charge in [0.2, 0.25) is 0 Å². The van der Waals surface area contributed by atoms with E-state index in [1.54, 1.807) is 7.05 Å². The Morgan fingerprint density at radius 3 is 2.81 bits per heavy atom. The van der Waals surface area contributed by atoms with Crippen LogP contribution in [-0.4, -0.2) is 45.5 Å². The van der Waals surface area contributed by atoms with Gasteiger partial charge < -0.3 is 24.5 Å². The van der Waals surface area contributed by atoms with Crippen LogP contribution < -0.4 is 10.6 Å². The van der Waals surface area contributed by atoms with Gasteiger partial charge in [0.15, 0.2) is 5.96 Å². The molecule has 27 heavy (non-hydrogen) atoms. The summed E-state index contributed by atoms with van der Waals surface area (Å²) < 4.78 is 18.0. The van der Waals surface area contributed by atoms with E-state index in [4.69, 9.17) is 13.9 Å². The van der Waals surface area contributed by atoms with Gasteiger partial charge >= 0.3 is 0 Å². The Labute approximate surface area is 168 Å². The van der Waals surface area contributed by atoms with E-state index in [1.807, 2.05) is 36.4 Å². The highest BCUT2D eigenvalue weighted by Crippen LogP contribution is 2.23. The standard InChI is InChI=1S/C20H26BrN3O3/c1-22-20(23-10-2-11-26-18-9-12-25-14-18)24-13-17-7-8-19(27-17)15-3-5-16(21)6-4-15/h3-8,18H,2,9-14H2,1H3,(H2,22,23,24). The third kappa shape index (κ3) is 6.37. The molecule has 1 aromatic heterocycles. The van der Waals surface area contributed by atoms with E-state index in [1.165, 1.54) is 0 Å². The molecular weight excluding hydrogens is 410 g/mol. The van der Waals surface area contributed by atoms with Crippen molar-refractivity contribution in [1.82, 2.24) is 10.6 Å². The van der Waals surface area contributed by atoms with Crippen LogP contribution in [0.15, 0.2) is 50.3 Å². The van der Waals surface area contributed by atoms with E-state index in [0.29, 0.717) is 6.54 Å². The molecule has 0 amide bonds. The van der Waals surface area contributed by atoms with Crippen LogP contribution in [0.5, 0.6) is 0 Å². The molecule has 7 heteroatoms. The first-order valence-corrected chi connectivity index (χ1v) is 10.0. The van der Waals surface area contributed by atoms with Crippen LogP contribution in [0.1, 0.15) is 18.6 Å². The molecule has 1 fully saturated rings. The molecule has 2 N–H and O–H groups in total. The van der Waals surface area contributed by atoms with E-state index in [-0.39, 0.29) is 6.10 Å². The molecule has 1 saturated heterocycles. The molecule has 0 aliphatic carbocycles. The second-order valence-corrected chi connectivity index (χ2v) is 7.25. The lowest BCUT2D eigenvalue weighted by atomic mass is 10.2. The van der Waals surface area contributed by atoms with Crippen LogP contribution in [0.4, 0.5) is 0 Å². The molecule has 0 bridgehead atoms. The molecule has 1 aliphatic heterocycles. The van der Waals surface area contributed by atoms with Gasteiger partial charge in [-0.25, -0.2) is 0 Å². The number of furan rings is 1. The molecule has 0 spiro atoms. The number of hydrogen-bond donors (Lipinski definition) is 2. The topological polar surface area (TPSA) is 68.0 Å². The molecule has 2 aromatic rings. The average molecular weight is 436 g/mol. The second-order valence-electron chi connectivity index (χ2n) is 6.34. The minimum absolute atomic E-state index is 0.265. The SMILES string of the molecule is CN=C(NCCCOC1CCOC1)NCc1ccc(-c2ccc(Br)cc2)o1. The molecule has 3 rings (SSSR count). The molecule has 6 nitrogen and oxygen atoms in total. The molecule has 1 aromatic carbocycles. The average Bonchev–Trinajstić information content (AvgIpc) is 3.36.